The van der Waals surface area contributed by atoms with Gasteiger partial charge in [-0.1, -0.05) is 17.7 Å². The lowest BCUT2D eigenvalue weighted by molar-refractivity contribution is 0.196. The maximum absolute atomic E-state index is 9.19. The molecule has 3 nitrogen and oxygen atoms in total. The molecule has 0 aliphatic heterocycles. The first-order chi connectivity index (χ1) is 6.22. The summed E-state index contributed by atoms with van der Waals surface area (Å²) in [6.07, 6.45) is -0.471. The standard InChI is InChI=1S/C10H16N2O/c1-8-2-4-9(5-3-8)12-7-10(13)6-11/h2-5,10,12-13H,6-7,11H2,1H3/t10-/m1/s1. The van der Waals surface area contributed by atoms with Crippen LogP contribution in [-0.2, 0) is 0 Å². The molecule has 1 aromatic carbocycles. The Kier molecular flexibility index (Phi) is 3.73. The fourth-order valence-corrected chi connectivity index (χ4v) is 0.990. The van der Waals surface area contributed by atoms with E-state index in [0.717, 1.165) is 5.69 Å². The molecule has 0 unspecified atom stereocenters. The smallest absolute Gasteiger partial charge is 0.0834 e. The van der Waals surface area contributed by atoms with Gasteiger partial charge in [0.1, 0.15) is 0 Å². The molecule has 0 saturated heterocycles. The van der Waals surface area contributed by atoms with Crippen molar-refractivity contribution < 1.29 is 5.11 Å². The lowest BCUT2D eigenvalue weighted by Crippen LogP contribution is -2.27. The van der Waals surface area contributed by atoms with Crippen LogP contribution in [0.4, 0.5) is 5.69 Å². The molecule has 1 atom stereocenters. The molecule has 0 aliphatic carbocycles. The molecule has 1 rings (SSSR count). The van der Waals surface area contributed by atoms with Crippen LogP contribution in [0, 0.1) is 6.92 Å². The highest BCUT2D eigenvalue weighted by atomic mass is 16.3. The summed E-state index contributed by atoms with van der Waals surface area (Å²) in [6.45, 7) is 2.83. The molecule has 0 bridgehead atoms. The first-order valence-corrected chi connectivity index (χ1v) is 4.41. The summed E-state index contributed by atoms with van der Waals surface area (Å²) < 4.78 is 0. The fraction of sp³-hybridized carbons (Fsp3) is 0.400. The van der Waals surface area contributed by atoms with Gasteiger partial charge >= 0.3 is 0 Å². The van der Waals surface area contributed by atoms with Gasteiger partial charge in [-0.25, -0.2) is 0 Å². The van der Waals surface area contributed by atoms with Gasteiger partial charge in [0.2, 0.25) is 0 Å². The lowest BCUT2D eigenvalue weighted by Gasteiger charge is -2.10. The number of rotatable bonds is 4. The molecule has 0 fully saturated rings. The fourth-order valence-electron chi connectivity index (χ4n) is 0.990. The molecule has 0 heterocycles. The summed E-state index contributed by atoms with van der Waals surface area (Å²) in [5.41, 5.74) is 7.51. The molecule has 72 valence electrons. The van der Waals surface area contributed by atoms with E-state index in [9.17, 15) is 5.11 Å². The van der Waals surface area contributed by atoms with Crippen LogP contribution < -0.4 is 11.1 Å². The third kappa shape index (κ3) is 3.44. The SMILES string of the molecule is Cc1ccc(NC[C@H](O)CN)cc1. The van der Waals surface area contributed by atoms with Crippen molar-refractivity contribution >= 4 is 5.69 Å². The lowest BCUT2D eigenvalue weighted by atomic mass is 10.2. The van der Waals surface area contributed by atoms with E-state index in [1.807, 2.05) is 31.2 Å². The molecule has 0 aliphatic rings. The predicted octanol–water partition coefficient (Wildman–Crippen LogP) is 0.727. The topological polar surface area (TPSA) is 58.3 Å². The Morgan fingerprint density at radius 2 is 2.00 bits per heavy atom. The largest absolute Gasteiger partial charge is 0.390 e. The molecule has 3 heteroatoms. The molecule has 0 amide bonds. The number of nitrogens with one attached hydrogen (secondary N) is 1. The van der Waals surface area contributed by atoms with E-state index < -0.39 is 6.10 Å². The van der Waals surface area contributed by atoms with Crippen molar-refractivity contribution in [3.05, 3.63) is 29.8 Å². The van der Waals surface area contributed by atoms with Gasteiger partial charge in [0.15, 0.2) is 0 Å². The molecule has 13 heavy (non-hydrogen) atoms. The quantitative estimate of drug-likeness (QED) is 0.640. The second kappa shape index (κ2) is 4.84. The second-order valence-electron chi connectivity index (χ2n) is 3.14. The number of anilines is 1. The van der Waals surface area contributed by atoms with Crippen molar-refractivity contribution in [2.24, 2.45) is 5.73 Å². The number of hydrogen-bond acceptors (Lipinski definition) is 3. The van der Waals surface area contributed by atoms with E-state index in [1.54, 1.807) is 0 Å². The highest BCUT2D eigenvalue weighted by Gasteiger charge is 1.99. The van der Waals surface area contributed by atoms with Crippen molar-refractivity contribution in [1.29, 1.82) is 0 Å². The van der Waals surface area contributed by atoms with Crippen LogP contribution in [0.15, 0.2) is 24.3 Å². The summed E-state index contributed by atoms with van der Waals surface area (Å²) in [4.78, 5) is 0. The number of benzene rings is 1. The summed E-state index contributed by atoms with van der Waals surface area (Å²) in [5.74, 6) is 0. The Hall–Kier alpha value is -1.06. The average Bonchev–Trinajstić information content (AvgIpc) is 2.16. The van der Waals surface area contributed by atoms with Crippen molar-refractivity contribution in [2.75, 3.05) is 18.4 Å². The van der Waals surface area contributed by atoms with E-state index in [4.69, 9.17) is 5.73 Å². The second-order valence-corrected chi connectivity index (χ2v) is 3.14. The maximum atomic E-state index is 9.19. The highest BCUT2D eigenvalue weighted by molar-refractivity contribution is 5.44. The zero-order valence-electron chi connectivity index (χ0n) is 7.83. The Labute approximate surface area is 78.6 Å². The van der Waals surface area contributed by atoms with E-state index in [2.05, 4.69) is 5.32 Å². The average molecular weight is 180 g/mol. The van der Waals surface area contributed by atoms with Gasteiger partial charge in [-0.2, -0.15) is 0 Å². The number of hydrogen-bond donors (Lipinski definition) is 3. The first kappa shape index (κ1) is 10.0. The van der Waals surface area contributed by atoms with Crippen molar-refractivity contribution in [2.45, 2.75) is 13.0 Å². The van der Waals surface area contributed by atoms with Crippen LogP contribution in [0.3, 0.4) is 0 Å². The van der Waals surface area contributed by atoms with Crippen LogP contribution >= 0.6 is 0 Å². The summed E-state index contributed by atoms with van der Waals surface area (Å²) in [5, 5.41) is 12.3. The minimum atomic E-state index is -0.471. The van der Waals surface area contributed by atoms with Gasteiger partial charge in [0.25, 0.3) is 0 Å². The van der Waals surface area contributed by atoms with Crippen LogP contribution in [0.25, 0.3) is 0 Å². The van der Waals surface area contributed by atoms with Gasteiger partial charge in [-0.3, -0.25) is 0 Å². The minimum Gasteiger partial charge on any atom is -0.390 e. The van der Waals surface area contributed by atoms with Crippen molar-refractivity contribution in [3.63, 3.8) is 0 Å². The molecule has 0 radical (unpaired) electrons. The van der Waals surface area contributed by atoms with Gasteiger partial charge < -0.3 is 16.2 Å². The Bertz CT molecular complexity index is 246. The molecule has 4 N–H and O–H groups in total. The van der Waals surface area contributed by atoms with Gasteiger partial charge in [0.05, 0.1) is 6.10 Å². The molecule has 0 aromatic heterocycles. The summed E-state index contributed by atoms with van der Waals surface area (Å²) in [6, 6.07) is 8.02. The van der Waals surface area contributed by atoms with Gasteiger partial charge in [-0.05, 0) is 19.1 Å². The monoisotopic (exact) mass is 180 g/mol. The summed E-state index contributed by atoms with van der Waals surface area (Å²) >= 11 is 0. The van der Waals surface area contributed by atoms with Gasteiger partial charge in [0, 0.05) is 18.8 Å². The van der Waals surface area contributed by atoms with Crippen LogP contribution in [0.2, 0.25) is 0 Å². The minimum absolute atomic E-state index is 0.291. The van der Waals surface area contributed by atoms with Crippen LogP contribution in [-0.4, -0.2) is 24.3 Å². The number of aryl methyl sites for hydroxylation is 1. The van der Waals surface area contributed by atoms with Crippen LogP contribution in [0.5, 0.6) is 0 Å². The molecule has 0 saturated carbocycles. The van der Waals surface area contributed by atoms with Crippen molar-refractivity contribution in [1.82, 2.24) is 0 Å². The van der Waals surface area contributed by atoms with E-state index in [0.29, 0.717) is 13.1 Å². The van der Waals surface area contributed by atoms with E-state index >= 15 is 0 Å². The third-order valence-corrected chi connectivity index (χ3v) is 1.87. The van der Waals surface area contributed by atoms with Crippen LogP contribution in [0.1, 0.15) is 5.56 Å². The Balaban J connectivity index is 2.41. The van der Waals surface area contributed by atoms with Gasteiger partial charge in [-0.15, -0.1) is 0 Å². The molecule has 1 aromatic rings. The van der Waals surface area contributed by atoms with E-state index in [-0.39, 0.29) is 0 Å². The Morgan fingerprint density at radius 3 is 2.54 bits per heavy atom. The zero-order chi connectivity index (χ0) is 9.68. The highest BCUT2D eigenvalue weighted by Crippen LogP contribution is 2.07. The Morgan fingerprint density at radius 1 is 1.38 bits per heavy atom. The number of aliphatic hydroxyl groups excluding tert-OH is 1. The number of aliphatic hydroxyl groups is 1. The van der Waals surface area contributed by atoms with Crippen molar-refractivity contribution in [3.8, 4) is 0 Å². The number of nitrogens with two attached hydrogens (primary N) is 1. The molecular formula is C10H16N2O. The van der Waals surface area contributed by atoms with E-state index in [1.165, 1.54) is 5.56 Å². The summed E-state index contributed by atoms with van der Waals surface area (Å²) in [7, 11) is 0. The first-order valence-electron chi connectivity index (χ1n) is 4.41. The maximum Gasteiger partial charge on any atom is 0.0834 e. The predicted molar refractivity (Wildman–Crippen MR) is 54.7 cm³/mol. The normalized spacial score (nSPS) is 12.5. The molecule has 0 spiro atoms. The molecular weight excluding hydrogens is 164 g/mol. The zero-order valence-corrected chi connectivity index (χ0v) is 7.83. The third-order valence-electron chi connectivity index (χ3n) is 1.87.